The van der Waals surface area contributed by atoms with Gasteiger partial charge in [0, 0.05) is 18.0 Å². The van der Waals surface area contributed by atoms with Crippen molar-refractivity contribution in [2.24, 2.45) is 0 Å². The second kappa shape index (κ2) is 8.29. The van der Waals surface area contributed by atoms with E-state index in [2.05, 4.69) is 4.98 Å². The first kappa shape index (κ1) is 21.3. The van der Waals surface area contributed by atoms with Crippen LogP contribution in [0.3, 0.4) is 0 Å². The number of nitrogens with two attached hydrogens (primary N) is 1. The van der Waals surface area contributed by atoms with Crippen LogP contribution in [0.25, 0.3) is 0 Å². The molecule has 0 atom stereocenters. The summed E-state index contributed by atoms with van der Waals surface area (Å²) in [5.41, 5.74) is 4.86. The van der Waals surface area contributed by atoms with Crippen molar-refractivity contribution in [3.63, 3.8) is 0 Å². The molecule has 2 heterocycles. The Labute approximate surface area is 181 Å². The van der Waals surface area contributed by atoms with Crippen molar-refractivity contribution >= 4 is 17.4 Å². The van der Waals surface area contributed by atoms with Crippen molar-refractivity contribution < 1.29 is 32.2 Å². The van der Waals surface area contributed by atoms with Crippen LogP contribution in [-0.4, -0.2) is 24.6 Å². The summed E-state index contributed by atoms with van der Waals surface area (Å²) in [6.07, 6.45) is -3.24. The molecular weight excluding hydrogens is 427 g/mol. The molecule has 0 saturated heterocycles. The summed E-state index contributed by atoms with van der Waals surface area (Å²) in [4.78, 5) is 18.2. The highest BCUT2D eigenvalue weighted by molar-refractivity contribution is 5.97. The zero-order chi connectivity index (χ0) is 22.9. The number of benzene rings is 2. The number of anilines is 2. The molecule has 0 saturated carbocycles. The van der Waals surface area contributed by atoms with Gasteiger partial charge in [-0.05, 0) is 35.9 Å². The fourth-order valence-electron chi connectivity index (χ4n) is 3.21. The highest BCUT2D eigenvalue weighted by Gasteiger charge is 2.34. The molecule has 0 unspecified atom stereocenters. The van der Waals surface area contributed by atoms with Crippen molar-refractivity contribution in [3.8, 4) is 23.0 Å². The number of aromatic nitrogens is 1. The lowest BCUT2D eigenvalue weighted by atomic mass is 10.1. The third kappa shape index (κ3) is 4.25. The molecule has 0 aliphatic carbocycles. The van der Waals surface area contributed by atoms with E-state index in [1.807, 2.05) is 12.1 Å². The zero-order valence-corrected chi connectivity index (χ0v) is 16.8. The summed E-state index contributed by atoms with van der Waals surface area (Å²) >= 11 is 0. The van der Waals surface area contributed by atoms with Crippen LogP contribution in [0, 0.1) is 0 Å². The van der Waals surface area contributed by atoms with Gasteiger partial charge in [-0.2, -0.15) is 13.2 Å². The highest BCUT2D eigenvalue weighted by Crippen LogP contribution is 2.42. The number of ether oxygens (including phenoxy) is 3. The maximum Gasteiger partial charge on any atom is 0.418 e. The molecule has 0 fully saturated rings. The quantitative estimate of drug-likeness (QED) is 0.586. The molecule has 1 aliphatic rings. The zero-order valence-electron chi connectivity index (χ0n) is 16.8. The van der Waals surface area contributed by atoms with E-state index >= 15 is 0 Å². The first-order valence-corrected chi connectivity index (χ1v) is 9.46. The molecule has 3 aromatic rings. The van der Waals surface area contributed by atoms with Crippen LogP contribution in [0.1, 0.15) is 11.1 Å². The fraction of sp³-hybridized carbons (Fsp3) is 0.182. The predicted molar refractivity (Wildman–Crippen MR) is 110 cm³/mol. The summed E-state index contributed by atoms with van der Waals surface area (Å²) < 4.78 is 55.8. The Morgan fingerprint density at radius 2 is 1.84 bits per heavy atom. The van der Waals surface area contributed by atoms with Crippen molar-refractivity contribution in [2.45, 2.75) is 12.7 Å². The van der Waals surface area contributed by atoms with E-state index in [-0.39, 0.29) is 42.1 Å². The smallest absolute Gasteiger partial charge is 0.418 e. The number of rotatable bonds is 5. The van der Waals surface area contributed by atoms with Crippen molar-refractivity contribution in [1.82, 2.24) is 4.98 Å². The molecule has 2 aromatic carbocycles. The number of nitrogen functional groups attached to an aromatic ring is 1. The van der Waals surface area contributed by atoms with Crippen molar-refractivity contribution in [2.75, 3.05) is 24.4 Å². The molecule has 4 rings (SSSR count). The van der Waals surface area contributed by atoms with Gasteiger partial charge in [0.25, 0.3) is 5.91 Å². The van der Waals surface area contributed by atoms with Gasteiger partial charge in [-0.15, -0.1) is 0 Å². The third-order valence-electron chi connectivity index (χ3n) is 4.80. The molecule has 32 heavy (non-hydrogen) atoms. The van der Waals surface area contributed by atoms with Gasteiger partial charge < -0.3 is 19.9 Å². The number of amides is 1. The van der Waals surface area contributed by atoms with Crippen LogP contribution in [0.5, 0.6) is 23.0 Å². The summed E-state index contributed by atoms with van der Waals surface area (Å²) in [6.45, 7) is -0.0452. The van der Waals surface area contributed by atoms with Crippen LogP contribution in [0.2, 0.25) is 0 Å². The fourth-order valence-corrected chi connectivity index (χ4v) is 3.21. The average molecular weight is 445 g/mol. The Balaban J connectivity index is 1.64. The molecule has 2 N–H and O–H groups in total. The maximum atomic E-state index is 13.2. The minimum Gasteiger partial charge on any atom is -0.497 e. The van der Waals surface area contributed by atoms with Crippen LogP contribution in [0.15, 0.2) is 54.7 Å². The summed E-state index contributed by atoms with van der Waals surface area (Å²) in [6, 6.07) is 11.9. The number of carbonyl (C=O) groups excluding carboxylic acids is 1. The minimum absolute atomic E-state index is 0.0814. The molecule has 1 aliphatic heterocycles. The Morgan fingerprint density at radius 3 is 2.53 bits per heavy atom. The first-order chi connectivity index (χ1) is 15.3. The number of nitrogens with zero attached hydrogens (tertiary/aromatic N) is 2. The number of alkyl halides is 3. The Kier molecular flexibility index (Phi) is 5.52. The Hall–Kier alpha value is -3.95. The van der Waals surface area contributed by atoms with Gasteiger partial charge in [-0.1, -0.05) is 12.1 Å². The lowest BCUT2D eigenvalue weighted by Crippen LogP contribution is -2.39. The lowest BCUT2D eigenvalue weighted by Gasteiger charge is -2.29. The first-order valence-electron chi connectivity index (χ1n) is 9.46. The van der Waals surface area contributed by atoms with E-state index in [0.29, 0.717) is 5.75 Å². The molecule has 1 aromatic heterocycles. The van der Waals surface area contributed by atoms with Crippen molar-refractivity contribution in [3.05, 3.63) is 65.9 Å². The topological polar surface area (TPSA) is 86.9 Å². The largest absolute Gasteiger partial charge is 0.497 e. The molecule has 10 heteroatoms. The van der Waals surface area contributed by atoms with Gasteiger partial charge in [-0.3, -0.25) is 9.69 Å². The number of hydrogen-bond donors (Lipinski definition) is 1. The second-order valence-corrected chi connectivity index (χ2v) is 6.93. The molecule has 7 nitrogen and oxygen atoms in total. The van der Waals surface area contributed by atoms with Crippen molar-refractivity contribution in [1.29, 1.82) is 0 Å². The van der Waals surface area contributed by atoms with Gasteiger partial charge in [-0.25, -0.2) is 4.98 Å². The van der Waals surface area contributed by atoms with E-state index in [9.17, 15) is 18.0 Å². The van der Waals surface area contributed by atoms with Crippen LogP contribution in [-0.2, 0) is 17.5 Å². The van der Waals surface area contributed by atoms with Crippen LogP contribution < -0.4 is 24.8 Å². The standard InChI is InChI=1S/C22H18F3N3O4/c1-30-14-4-2-13(3-5-14)11-28-19(29)12-31-20-18(8-9-27-21(20)28)32-15-6-7-17(26)16(10-15)22(23,24)25/h2-10H,11-12,26H2,1H3. The maximum absolute atomic E-state index is 13.2. The normalized spacial score (nSPS) is 13.4. The van der Waals surface area contributed by atoms with Gasteiger partial charge in [0.05, 0.1) is 19.2 Å². The van der Waals surface area contributed by atoms with E-state index in [4.69, 9.17) is 19.9 Å². The molecular formula is C22H18F3N3O4. The highest BCUT2D eigenvalue weighted by atomic mass is 19.4. The Bertz CT molecular complexity index is 1150. The SMILES string of the molecule is COc1ccc(CN2C(=O)COc3c(Oc4ccc(N)c(C(F)(F)F)c4)ccnc32)cc1. The number of methoxy groups -OCH3 is 1. The summed E-state index contributed by atoms with van der Waals surface area (Å²) in [7, 11) is 1.56. The second-order valence-electron chi connectivity index (χ2n) is 6.93. The number of fused-ring (bicyclic) bond motifs is 1. The van der Waals surface area contributed by atoms with Crippen LogP contribution in [0.4, 0.5) is 24.7 Å². The summed E-state index contributed by atoms with van der Waals surface area (Å²) in [5.74, 6) is 0.775. The van der Waals surface area contributed by atoms with E-state index in [1.165, 1.54) is 23.2 Å². The number of hydrogen-bond acceptors (Lipinski definition) is 6. The number of carbonyl (C=O) groups is 1. The van der Waals surface area contributed by atoms with Gasteiger partial charge in [0.2, 0.25) is 5.75 Å². The molecule has 0 spiro atoms. The predicted octanol–water partition coefficient (Wildman–Crippen LogP) is 4.41. The van der Waals surface area contributed by atoms with Gasteiger partial charge in [0.1, 0.15) is 11.5 Å². The van der Waals surface area contributed by atoms with Gasteiger partial charge >= 0.3 is 6.18 Å². The Morgan fingerprint density at radius 1 is 1.12 bits per heavy atom. The van der Waals surface area contributed by atoms with E-state index < -0.39 is 17.4 Å². The van der Waals surface area contributed by atoms with E-state index in [0.717, 1.165) is 17.7 Å². The average Bonchev–Trinajstić information content (AvgIpc) is 2.77. The number of pyridine rings is 1. The lowest BCUT2D eigenvalue weighted by molar-refractivity contribution is -0.137. The van der Waals surface area contributed by atoms with Crippen LogP contribution >= 0.6 is 0 Å². The molecule has 166 valence electrons. The summed E-state index contributed by atoms with van der Waals surface area (Å²) in [5, 5.41) is 0. The molecule has 1 amide bonds. The number of halogens is 3. The van der Waals surface area contributed by atoms with Gasteiger partial charge in [0.15, 0.2) is 18.2 Å². The van der Waals surface area contributed by atoms with E-state index in [1.54, 1.807) is 19.2 Å². The molecule has 0 bridgehead atoms. The minimum atomic E-state index is -4.63. The third-order valence-corrected chi connectivity index (χ3v) is 4.80. The molecule has 0 radical (unpaired) electrons. The monoisotopic (exact) mass is 445 g/mol.